The number of ether oxygens (including phenoxy) is 3. The molecule has 0 unspecified atom stereocenters. The number of methoxy groups -OCH3 is 2. The van der Waals surface area contributed by atoms with Crippen LogP contribution >= 0.6 is 11.6 Å². The molecular weight excluding hydrogens is 368 g/mol. The predicted molar refractivity (Wildman–Crippen MR) is 106 cm³/mol. The van der Waals surface area contributed by atoms with E-state index in [9.17, 15) is 4.79 Å². The van der Waals surface area contributed by atoms with Crippen LogP contribution in [0.25, 0.3) is 0 Å². The van der Waals surface area contributed by atoms with Crippen LogP contribution in [0.4, 0.5) is 4.79 Å². The Balaban J connectivity index is 1.74. The first kappa shape index (κ1) is 20.7. The number of hydrogen-bond acceptors (Lipinski definition) is 4. The molecule has 6 nitrogen and oxygen atoms in total. The third-order valence-electron chi connectivity index (χ3n) is 3.97. The number of urea groups is 1. The molecule has 0 radical (unpaired) electrons. The summed E-state index contributed by atoms with van der Waals surface area (Å²) in [4.78, 5) is 11.9. The fourth-order valence-corrected chi connectivity index (χ4v) is 2.67. The van der Waals surface area contributed by atoms with Gasteiger partial charge in [0.1, 0.15) is 12.4 Å². The molecule has 0 saturated heterocycles. The summed E-state index contributed by atoms with van der Waals surface area (Å²) in [5.74, 6) is 2.01. The average Bonchev–Trinajstić information content (AvgIpc) is 2.67. The Morgan fingerprint density at radius 3 is 2.30 bits per heavy atom. The molecule has 146 valence electrons. The molecule has 2 N–H and O–H groups in total. The molecule has 0 atom stereocenters. The van der Waals surface area contributed by atoms with Crippen molar-refractivity contribution in [3.05, 3.63) is 52.0 Å². The van der Waals surface area contributed by atoms with Crippen LogP contribution in [0.2, 0.25) is 5.02 Å². The predicted octanol–water partition coefficient (Wildman–Crippen LogP) is 3.85. The van der Waals surface area contributed by atoms with E-state index in [1.54, 1.807) is 20.3 Å². The second-order valence-electron chi connectivity index (χ2n) is 6.02. The van der Waals surface area contributed by atoms with Gasteiger partial charge in [0.2, 0.25) is 0 Å². The summed E-state index contributed by atoms with van der Waals surface area (Å²) in [6.45, 7) is 5.00. The van der Waals surface area contributed by atoms with Crippen molar-refractivity contribution in [1.82, 2.24) is 10.6 Å². The highest BCUT2D eigenvalue weighted by Gasteiger charge is 2.07. The van der Waals surface area contributed by atoms with E-state index in [1.165, 1.54) is 0 Å². The monoisotopic (exact) mass is 392 g/mol. The van der Waals surface area contributed by atoms with Crippen LogP contribution in [-0.4, -0.2) is 33.4 Å². The molecule has 2 rings (SSSR count). The highest BCUT2D eigenvalue weighted by Crippen LogP contribution is 2.27. The summed E-state index contributed by atoms with van der Waals surface area (Å²) < 4.78 is 16.1. The lowest BCUT2D eigenvalue weighted by molar-refractivity contribution is 0.236. The lowest BCUT2D eigenvalue weighted by Crippen LogP contribution is -2.37. The molecule has 2 amide bonds. The number of rotatable bonds is 8. The van der Waals surface area contributed by atoms with Crippen LogP contribution in [0, 0.1) is 13.8 Å². The summed E-state index contributed by atoms with van der Waals surface area (Å²) >= 11 is 6.14. The van der Waals surface area contributed by atoms with Crippen LogP contribution in [-0.2, 0) is 6.54 Å². The first-order chi connectivity index (χ1) is 12.9. The molecule has 0 aliphatic carbocycles. The molecule has 0 saturated carbocycles. The first-order valence-electron chi connectivity index (χ1n) is 8.56. The van der Waals surface area contributed by atoms with E-state index in [1.807, 2.05) is 38.1 Å². The van der Waals surface area contributed by atoms with Crippen LogP contribution < -0.4 is 24.8 Å². The van der Waals surface area contributed by atoms with Crippen molar-refractivity contribution in [2.24, 2.45) is 0 Å². The SMILES string of the molecule is COc1ccc(CNC(=O)NCCOc2cc(C)c(Cl)c(C)c2)cc1OC. The number of aryl methyl sites for hydroxylation is 2. The number of carbonyl (C=O) groups excluding carboxylic acids is 1. The van der Waals surface area contributed by atoms with Gasteiger partial charge >= 0.3 is 6.03 Å². The first-order valence-corrected chi connectivity index (χ1v) is 8.94. The molecule has 0 bridgehead atoms. The van der Waals surface area contributed by atoms with Crippen molar-refractivity contribution in [2.45, 2.75) is 20.4 Å². The normalized spacial score (nSPS) is 10.3. The molecule has 0 spiro atoms. The van der Waals surface area contributed by atoms with E-state index in [4.69, 9.17) is 25.8 Å². The number of halogens is 1. The highest BCUT2D eigenvalue weighted by molar-refractivity contribution is 6.32. The van der Waals surface area contributed by atoms with Crippen molar-refractivity contribution in [3.63, 3.8) is 0 Å². The van der Waals surface area contributed by atoms with Gasteiger partial charge in [-0.15, -0.1) is 0 Å². The van der Waals surface area contributed by atoms with Gasteiger partial charge in [0.25, 0.3) is 0 Å². The molecule has 0 aliphatic rings. The fourth-order valence-electron chi connectivity index (χ4n) is 2.56. The smallest absolute Gasteiger partial charge is 0.315 e. The summed E-state index contributed by atoms with van der Waals surface area (Å²) in [6, 6.07) is 9.00. The zero-order valence-electron chi connectivity index (χ0n) is 16.0. The average molecular weight is 393 g/mol. The van der Waals surface area contributed by atoms with Gasteiger partial charge in [0.05, 0.1) is 20.8 Å². The van der Waals surface area contributed by atoms with Gasteiger partial charge in [-0.05, 0) is 54.8 Å². The van der Waals surface area contributed by atoms with E-state index < -0.39 is 0 Å². The van der Waals surface area contributed by atoms with Gasteiger partial charge in [-0.3, -0.25) is 0 Å². The Kier molecular flexibility index (Phi) is 7.61. The second kappa shape index (κ2) is 9.92. The number of nitrogens with one attached hydrogen (secondary N) is 2. The Labute approximate surface area is 164 Å². The Bertz CT molecular complexity index is 773. The summed E-state index contributed by atoms with van der Waals surface area (Å²) in [5, 5.41) is 6.30. The summed E-state index contributed by atoms with van der Waals surface area (Å²) in [5.41, 5.74) is 2.84. The van der Waals surface area contributed by atoms with Crippen molar-refractivity contribution >= 4 is 17.6 Å². The second-order valence-corrected chi connectivity index (χ2v) is 6.40. The molecule has 0 heterocycles. The molecule has 27 heavy (non-hydrogen) atoms. The quantitative estimate of drug-likeness (QED) is 0.669. The minimum absolute atomic E-state index is 0.267. The van der Waals surface area contributed by atoms with Gasteiger partial charge in [-0.25, -0.2) is 4.79 Å². The van der Waals surface area contributed by atoms with Crippen LogP contribution in [0.5, 0.6) is 17.2 Å². The van der Waals surface area contributed by atoms with Gasteiger partial charge in [0, 0.05) is 11.6 Å². The molecule has 7 heteroatoms. The van der Waals surface area contributed by atoms with Gasteiger partial charge < -0.3 is 24.8 Å². The minimum Gasteiger partial charge on any atom is -0.493 e. The Morgan fingerprint density at radius 1 is 1.00 bits per heavy atom. The number of amides is 2. The molecule has 2 aromatic rings. The van der Waals surface area contributed by atoms with Gasteiger partial charge in [-0.2, -0.15) is 0 Å². The Morgan fingerprint density at radius 2 is 1.67 bits per heavy atom. The maximum absolute atomic E-state index is 11.9. The van der Waals surface area contributed by atoms with Crippen LogP contribution in [0.3, 0.4) is 0 Å². The van der Waals surface area contributed by atoms with Crippen molar-refractivity contribution < 1.29 is 19.0 Å². The fraction of sp³-hybridized carbons (Fsp3) is 0.350. The van der Waals surface area contributed by atoms with Crippen molar-refractivity contribution in [3.8, 4) is 17.2 Å². The zero-order valence-corrected chi connectivity index (χ0v) is 16.8. The lowest BCUT2D eigenvalue weighted by Gasteiger charge is -2.12. The highest BCUT2D eigenvalue weighted by atomic mass is 35.5. The number of hydrogen-bond donors (Lipinski definition) is 2. The standard InChI is InChI=1S/C20H25ClN2O4/c1-13-9-16(10-14(2)19(13)21)27-8-7-22-20(24)23-12-15-5-6-17(25-3)18(11-15)26-4/h5-6,9-11H,7-8,12H2,1-4H3,(H2,22,23,24). The topological polar surface area (TPSA) is 68.8 Å². The summed E-state index contributed by atoms with van der Waals surface area (Å²) in [7, 11) is 3.16. The maximum Gasteiger partial charge on any atom is 0.315 e. The van der Waals surface area contributed by atoms with E-state index in [0.29, 0.717) is 31.2 Å². The molecular formula is C20H25ClN2O4. The van der Waals surface area contributed by atoms with E-state index in [0.717, 1.165) is 27.5 Å². The number of carbonyl (C=O) groups is 1. The van der Waals surface area contributed by atoms with Crippen LogP contribution in [0.1, 0.15) is 16.7 Å². The Hall–Kier alpha value is -2.60. The maximum atomic E-state index is 11.9. The summed E-state index contributed by atoms with van der Waals surface area (Å²) in [6.07, 6.45) is 0. The molecule has 0 aromatic heterocycles. The molecule has 2 aromatic carbocycles. The van der Waals surface area contributed by atoms with E-state index in [2.05, 4.69) is 10.6 Å². The lowest BCUT2D eigenvalue weighted by atomic mass is 10.1. The van der Waals surface area contributed by atoms with Crippen LogP contribution in [0.15, 0.2) is 30.3 Å². The minimum atomic E-state index is -0.267. The zero-order chi connectivity index (χ0) is 19.8. The van der Waals surface area contributed by atoms with Crippen molar-refractivity contribution in [2.75, 3.05) is 27.4 Å². The van der Waals surface area contributed by atoms with E-state index in [-0.39, 0.29) is 6.03 Å². The van der Waals surface area contributed by atoms with Gasteiger partial charge in [-0.1, -0.05) is 17.7 Å². The number of benzene rings is 2. The third-order valence-corrected chi connectivity index (χ3v) is 4.56. The van der Waals surface area contributed by atoms with E-state index >= 15 is 0 Å². The van der Waals surface area contributed by atoms with Gasteiger partial charge in [0.15, 0.2) is 11.5 Å². The molecule has 0 aliphatic heterocycles. The third kappa shape index (κ3) is 5.96. The van der Waals surface area contributed by atoms with Crippen molar-refractivity contribution in [1.29, 1.82) is 0 Å². The largest absolute Gasteiger partial charge is 0.493 e. The molecule has 0 fully saturated rings.